The standard InChI is InChI=1S/C13H22N2O3S/c1-11(2)9-13(16)10-15-19(17,18)8-6-12-5-3-4-7-14-12/h3-5,7,11,13,15-16H,6,8-10H2,1-2H3. The van der Waals surface area contributed by atoms with E-state index in [0.717, 1.165) is 5.69 Å². The van der Waals surface area contributed by atoms with Crippen LogP contribution < -0.4 is 4.72 Å². The van der Waals surface area contributed by atoms with Crippen molar-refractivity contribution in [3.63, 3.8) is 0 Å². The molecule has 1 aromatic heterocycles. The highest BCUT2D eigenvalue weighted by Gasteiger charge is 2.14. The van der Waals surface area contributed by atoms with Crippen molar-refractivity contribution in [1.82, 2.24) is 9.71 Å². The number of aliphatic hydroxyl groups excluding tert-OH is 1. The van der Waals surface area contributed by atoms with Gasteiger partial charge >= 0.3 is 0 Å². The Balaban J connectivity index is 2.36. The van der Waals surface area contributed by atoms with Crippen LogP contribution in [-0.2, 0) is 16.4 Å². The molecule has 0 aliphatic heterocycles. The van der Waals surface area contributed by atoms with Gasteiger partial charge in [0.2, 0.25) is 10.0 Å². The Morgan fingerprint density at radius 3 is 2.68 bits per heavy atom. The van der Waals surface area contributed by atoms with Crippen molar-refractivity contribution in [2.24, 2.45) is 5.92 Å². The zero-order valence-electron chi connectivity index (χ0n) is 11.4. The zero-order valence-corrected chi connectivity index (χ0v) is 12.2. The van der Waals surface area contributed by atoms with Gasteiger partial charge in [0.15, 0.2) is 0 Å². The van der Waals surface area contributed by atoms with Crippen molar-refractivity contribution in [2.45, 2.75) is 32.8 Å². The molecular formula is C13H22N2O3S. The summed E-state index contributed by atoms with van der Waals surface area (Å²) in [5.41, 5.74) is 0.746. The molecule has 1 aromatic rings. The van der Waals surface area contributed by atoms with Crippen molar-refractivity contribution in [3.05, 3.63) is 30.1 Å². The summed E-state index contributed by atoms with van der Waals surface area (Å²) in [5.74, 6) is 0.325. The average molecular weight is 286 g/mol. The molecular weight excluding hydrogens is 264 g/mol. The van der Waals surface area contributed by atoms with Crippen molar-refractivity contribution in [2.75, 3.05) is 12.3 Å². The normalized spacial score (nSPS) is 13.7. The van der Waals surface area contributed by atoms with Crippen molar-refractivity contribution < 1.29 is 13.5 Å². The van der Waals surface area contributed by atoms with E-state index >= 15 is 0 Å². The van der Waals surface area contributed by atoms with Gasteiger partial charge in [0.05, 0.1) is 11.9 Å². The van der Waals surface area contributed by atoms with Gasteiger partial charge in [-0.05, 0) is 24.5 Å². The van der Waals surface area contributed by atoms with Crippen molar-refractivity contribution >= 4 is 10.0 Å². The van der Waals surface area contributed by atoms with Gasteiger partial charge in [-0.3, -0.25) is 4.98 Å². The molecule has 1 unspecified atom stereocenters. The molecule has 0 aliphatic carbocycles. The van der Waals surface area contributed by atoms with E-state index in [-0.39, 0.29) is 12.3 Å². The van der Waals surface area contributed by atoms with Gasteiger partial charge in [-0.25, -0.2) is 13.1 Å². The van der Waals surface area contributed by atoms with Crippen molar-refractivity contribution in [3.8, 4) is 0 Å². The van der Waals surface area contributed by atoms with Gasteiger partial charge in [-0.1, -0.05) is 19.9 Å². The summed E-state index contributed by atoms with van der Waals surface area (Å²) in [6.45, 7) is 4.04. The van der Waals surface area contributed by atoms with Gasteiger partial charge < -0.3 is 5.11 Å². The fourth-order valence-electron chi connectivity index (χ4n) is 1.71. The number of hydrogen-bond acceptors (Lipinski definition) is 4. The average Bonchev–Trinajstić information content (AvgIpc) is 2.35. The Labute approximate surface area is 115 Å². The maximum atomic E-state index is 11.7. The first-order valence-electron chi connectivity index (χ1n) is 6.44. The van der Waals surface area contributed by atoms with Crippen LogP contribution in [0.1, 0.15) is 26.0 Å². The minimum absolute atomic E-state index is 0.0155. The highest BCUT2D eigenvalue weighted by molar-refractivity contribution is 7.89. The summed E-state index contributed by atoms with van der Waals surface area (Å²) in [5, 5.41) is 9.63. The van der Waals surface area contributed by atoms with Gasteiger partial charge in [-0.2, -0.15) is 0 Å². The Hall–Kier alpha value is -0.980. The molecule has 0 aliphatic rings. The largest absolute Gasteiger partial charge is 0.392 e. The Morgan fingerprint density at radius 2 is 2.11 bits per heavy atom. The van der Waals surface area contributed by atoms with E-state index in [1.54, 1.807) is 18.3 Å². The zero-order chi connectivity index (χ0) is 14.3. The highest BCUT2D eigenvalue weighted by atomic mass is 32.2. The quantitative estimate of drug-likeness (QED) is 0.746. The van der Waals surface area contributed by atoms with E-state index in [2.05, 4.69) is 9.71 Å². The minimum atomic E-state index is -3.36. The molecule has 1 atom stereocenters. The minimum Gasteiger partial charge on any atom is -0.392 e. The smallest absolute Gasteiger partial charge is 0.212 e. The van der Waals surface area contributed by atoms with Gasteiger partial charge in [0, 0.05) is 24.9 Å². The first-order chi connectivity index (χ1) is 8.89. The fraction of sp³-hybridized carbons (Fsp3) is 0.615. The topological polar surface area (TPSA) is 79.3 Å². The third-order valence-electron chi connectivity index (χ3n) is 2.64. The SMILES string of the molecule is CC(C)CC(O)CNS(=O)(=O)CCc1ccccn1. The molecule has 0 fully saturated rings. The molecule has 0 saturated heterocycles. The summed E-state index contributed by atoms with van der Waals surface area (Å²) in [6, 6.07) is 5.41. The first-order valence-corrected chi connectivity index (χ1v) is 8.09. The number of pyridine rings is 1. The molecule has 1 heterocycles. The molecule has 0 aromatic carbocycles. The lowest BCUT2D eigenvalue weighted by Gasteiger charge is -2.14. The monoisotopic (exact) mass is 286 g/mol. The predicted molar refractivity (Wildman–Crippen MR) is 75.2 cm³/mol. The lowest BCUT2D eigenvalue weighted by molar-refractivity contribution is 0.152. The summed E-state index contributed by atoms with van der Waals surface area (Å²) < 4.78 is 25.9. The lowest BCUT2D eigenvalue weighted by atomic mass is 10.1. The molecule has 5 nitrogen and oxygen atoms in total. The van der Waals surface area contributed by atoms with Gasteiger partial charge in [-0.15, -0.1) is 0 Å². The van der Waals surface area contributed by atoms with Gasteiger partial charge in [0.1, 0.15) is 0 Å². The maximum Gasteiger partial charge on any atom is 0.212 e. The molecule has 6 heteroatoms. The number of aliphatic hydroxyl groups is 1. The number of nitrogens with zero attached hydrogens (tertiary/aromatic N) is 1. The number of sulfonamides is 1. The Bertz CT molecular complexity index is 460. The summed E-state index contributed by atoms with van der Waals surface area (Å²) >= 11 is 0. The molecule has 0 amide bonds. The summed E-state index contributed by atoms with van der Waals surface area (Å²) in [7, 11) is -3.36. The first kappa shape index (κ1) is 16.1. The van der Waals surface area contributed by atoms with E-state index in [9.17, 15) is 13.5 Å². The van der Waals surface area contributed by atoms with Crippen LogP contribution in [0.25, 0.3) is 0 Å². The van der Waals surface area contributed by atoms with Crippen molar-refractivity contribution in [1.29, 1.82) is 0 Å². The maximum absolute atomic E-state index is 11.7. The van der Waals surface area contributed by atoms with E-state index in [4.69, 9.17) is 0 Å². The fourth-order valence-corrected chi connectivity index (χ4v) is 2.78. The number of aryl methyl sites for hydroxylation is 1. The van der Waals surface area contributed by atoms with Gasteiger partial charge in [0.25, 0.3) is 0 Å². The van der Waals surface area contributed by atoms with Crippen LogP contribution in [0.15, 0.2) is 24.4 Å². The molecule has 19 heavy (non-hydrogen) atoms. The molecule has 1 rings (SSSR count). The van der Waals surface area contributed by atoms with E-state index in [1.165, 1.54) is 0 Å². The third kappa shape index (κ3) is 7.25. The molecule has 0 saturated carbocycles. The summed E-state index contributed by atoms with van der Waals surface area (Å²) in [6.07, 6.45) is 1.96. The number of aromatic nitrogens is 1. The van der Waals surface area contributed by atoms with Crippen LogP contribution in [0.2, 0.25) is 0 Å². The molecule has 108 valence electrons. The van der Waals surface area contributed by atoms with E-state index < -0.39 is 16.1 Å². The third-order valence-corrected chi connectivity index (χ3v) is 3.98. The molecule has 0 radical (unpaired) electrons. The van der Waals surface area contributed by atoms with Crippen LogP contribution in [0.4, 0.5) is 0 Å². The van der Waals surface area contributed by atoms with Crippen LogP contribution in [0.5, 0.6) is 0 Å². The van der Waals surface area contributed by atoms with E-state index in [1.807, 2.05) is 19.9 Å². The second-order valence-electron chi connectivity index (χ2n) is 5.02. The highest BCUT2D eigenvalue weighted by Crippen LogP contribution is 2.04. The number of rotatable bonds is 8. The van der Waals surface area contributed by atoms with Crippen LogP contribution >= 0.6 is 0 Å². The molecule has 2 N–H and O–H groups in total. The summed E-state index contributed by atoms with van der Waals surface area (Å²) in [4.78, 5) is 4.07. The second kappa shape index (κ2) is 7.57. The van der Waals surface area contributed by atoms with Crippen LogP contribution in [0.3, 0.4) is 0 Å². The molecule has 0 bridgehead atoms. The van der Waals surface area contributed by atoms with Crippen LogP contribution in [0, 0.1) is 5.92 Å². The predicted octanol–water partition coefficient (Wildman–Crippen LogP) is 0.950. The second-order valence-corrected chi connectivity index (χ2v) is 6.95. The lowest BCUT2D eigenvalue weighted by Crippen LogP contribution is -2.34. The Kier molecular flexibility index (Phi) is 6.41. The molecule has 0 spiro atoms. The number of hydrogen-bond donors (Lipinski definition) is 2. The van der Waals surface area contributed by atoms with E-state index in [0.29, 0.717) is 18.8 Å². The number of nitrogens with one attached hydrogen (secondary N) is 1. The van der Waals surface area contributed by atoms with Crippen LogP contribution in [-0.4, -0.2) is 36.9 Å². The Morgan fingerprint density at radius 1 is 1.37 bits per heavy atom.